The monoisotopic (exact) mass is 220 g/mol. The molecule has 86 valence electrons. The number of methoxy groups -OCH3 is 1. The van der Waals surface area contributed by atoms with Crippen LogP contribution in [-0.4, -0.2) is 32.7 Å². The van der Waals surface area contributed by atoms with Crippen LogP contribution in [0.1, 0.15) is 17.3 Å². The van der Waals surface area contributed by atoms with Gasteiger partial charge in [0.1, 0.15) is 0 Å². The second-order valence-electron chi connectivity index (χ2n) is 4.15. The van der Waals surface area contributed by atoms with Crippen LogP contribution < -0.4 is 10.2 Å². The molecule has 0 fully saturated rings. The van der Waals surface area contributed by atoms with Gasteiger partial charge in [0, 0.05) is 19.6 Å². The molecular formula is C12H16N2O2. The van der Waals surface area contributed by atoms with E-state index in [1.165, 1.54) is 7.11 Å². The third-order valence-corrected chi connectivity index (χ3v) is 2.78. The zero-order valence-corrected chi connectivity index (χ0v) is 9.78. The van der Waals surface area contributed by atoms with Crippen molar-refractivity contribution in [1.29, 1.82) is 0 Å². The molecule has 1 aliphatic heterocycles. The number of ether oxygens (including phenoxy) is 1. The number of carbonyl (C=O) groups is 1. The molecule has 2 rings (SSSR count). The number of rotatable bonds is 1. The smallest absolute Gasteiger partial charge is 0.337 e. The number of carbonyl (C=O) groups excluding carboxylic acids is 1. The number of esters is 1. The average molecular weight is 220 g/mol. The fraction of sp³-hybridized carbons (Fsp3) is 0.417. The van der Waals surface area contributed by atoms with Gasteiger partial charge in [-0.05, 0) is 25.1 Å². The van der Waals surface area contributed by atoms with Crippen molar-refractivity contribution in [3.8, 4) is 0 Å². The molecule has 1 atom stereocenters. The van der Waals surface area contributed by atoms with Crippen LogP contribution in [0.5, 0.6) is 0 Å². The Kier molecular flexibility index (Phi) is 2.73. The van der Waals surface area contributed by atoms with Gasteiger partial charge in [0.25, 0.3) is 0 Å². The summed E-state index contributed by atoms with van der Waals surface area (Å²) in [6, 6.07) is 5.98. The molecule has 4 heteroatoms. The summed E-state index contributed by atoms with van der Waals surface area (Å²) in [5.74, 6) is -0.296. The number of nitrogens with zero attached hydrogens (tertiary/aromatic N) is 1. The lowest BCUT2D eigenvalue weighted by atomic mass is 10.1. The predicted molar refractivity (Wildman–Crippen MR) is 64.1 cm³/mol. The molecule has 1 N–H and O–H groups in total. The van der Waals surface area contributed by atoms with Crippen LogP contribution in [0.3, 0.4) is 0 Å². The summed E-state index contributed by atoms with van der Waals surface area (Å²) in [5.41, 5.74) is 2.69. The molecule has 0 bridgehead atoms. The summed E-state index contributed by atoms with van der Waals surface area (Å²) in [6.45, 7) is 3.06. The Labute approximate surface area is 95.2 Å². The molecule has 0 spiro atoms. The fourth-order valence-corrected chi connectivity index (χ4v) is 2.03. The number of nitrogens with one attached hydrogen (secondary N) is 1. The van der Waals surface area contributed by atoms with Crippen molar-refractivity contribution in [2.45, 2.75) is 13.0 Å². The first-order chi connectivity index (χ1) is 7.61. The molecule has 0 aliphatic carbocycles. The lowest BCUT2D eigenvalue weighted by Crippen LogP contribution is -2.37. The average Bonchev–Trinajstić information content (AvgIpc) is 2.27. The third-order valence-electron chi connectivity index (χ3n) is 2.78. The van der Waals surface area contributed by atoms with Crippen LogP contribution in [0.25, 0.3) is 0 Å². The Bertz CT molecular complexity index is 417. The van der Waals surface area contributed by atoms with Crippen molar-refractivity contribution in [3.05, 3.63) is 23.8 Å². The van der Waals surface area contributed by atoms with Crippen molar-refractivity contribution >= 4 is 17.3 Å². The molecule has 16 heavy (non-hydrogen) atoms. The maximum Gasteiger partial charge on any atom is 0.337 e. The van der Waals surface area contributed by atoms with Gasteiger partial charge in [-0.3, -0.25) is 0 Å². The van der Waals surface area contributed by atoms with Crippen molar-refractivity contribution in [3.63, 3.8) is 0 Å². The predicted octanol–water partition coefficient (Wildman–Crippen LogP) is 1.72. The van der Waals surface area contributed by atoms with Crippen molar-refractivity contribution < 1.29 is 9.53 Å². The summed E-state index contributed by atoms with van der Waals surface area (Å²) in [4.78, 5) is 13.6. The highest BCUT2D eigenvalue weighted by Gasteiger charge is 2.19. The zero-order valence-electron chi connectivity index (χ0n) is 9.78. The maximum atomic E-state index is 11.4. The minimum atomic E-state index is -0.296. The first-order valence-electron chi connectivity index (χ1n) is 5.32. The van der Waals surface area contributed by atoms with Crippen molar-refractivity contribution in [2.24, 2.45) is 0 Å². The second-order valence-corrected chi connectivity index (χ2v) is 4.15. The number of fused-ring (bicyclic) bond motifs is 1. The van der Waals surface area contributed by atoms with Crippen LogP contribution in [0.15, 0.2) is 18.2 Å². The van der Waals surface area contributed by atoms with E-state index >= 15 is 0 Å². The lowest BCUT2D eigenvalue weighted by Gasteiger charge is -2.33. The Morgan fingerprint density at radius 2 is 2.31 bits per heavy atom. The molecule has 1 aromatic rings. The van der Waals surface area contributed by atoms with Crippen molar-refractivity contribution in [2.75, 3.05) is 30.9 Å². The first-order valence-corrected chi connectivity index (χ1v) is 5.32. The van der Waals surface area contributed by atoms with Crippen LogP contribution in [-0.2, 0) is 4.74 Å². The standard InChI is InChI=1S/C12H16N2O2/c1-8-7-14(2)11-6-9(12(15)16-3)4-5-10(11)13-8/h4-6,8,13H,7H2,1-3H3. The normalized spacial score (nSPS) is 18.7. The molecule has 4 nitrogen and oxygen atoms in total. The van der Waals surface area contributed by atoms with Gasteiger partial charge in [-0.2, -0.15) is 0 Å². The van der Waals surface area contributed by atoms with E-state index in [0.717, 1.165) is 17.9 Å². The third kappa shape index (κ3) is 1.83. The van der Waals surface area contributed by atoms with Crippen LogP contribution >= 0.6 is 0 Å². The summed E-state index contributed by atoms with van der Waals surface area (Å²) in [5, 5.41) is 3.38. The highest BCUT2D eigenvalue weighted by atomic mass is 16.5. The van der Waals surface area contributed by atoms with Gasteiger partial charge in [0.05, 0.1) is 24.0 Å². The molecule has 1 unspecified atom stereocenters. The second kappa shape index (κ2) is 4.04. The maximum absolute atomic E-state index is 11.4. The number of anilines is 2. The summed E-state index contributed by atoms with van der Waals surface area (Å²) < 4.78 is 4.71. The van der Waals surface area contributed by atoms with Gasteiger partial charge >= 0.3 is 5.97 Å². The number of hydrogen-bond donors (Lipinski definition) is 1. The topological polar surface area (TPSA) is 41.6 Å². The van der Waals surface area contributed by atoms with Crippen LogP contribution in [0.4, 0.5) is 11.4 Å². The highest BCUT2D eigenvalue weighted by Crippen LogP contribution is 2.30. The molecule has 0 saturated carbocycles. The van der Waals surface area contributed by atoms with Gasteiger partial charge < -0.3 is 15.0 Å². The molecule has 0 saturated heterocycles. The van der Waals surface area contributed by atoms with E-state index in [9.17, 15) is 4.79 Å². The van der Waals surface area contributed by atoms with Gasteiger partial charge in [-0.15, -0.1) is 0 Å². The summed E-state index contributed by atoms with van der Waals surface area (Å²) in [7, 11) is 3.42. The molecule has 1 aliphatic rings. The first kappa shape index (κ1) is 10.8. The summed E-state index contributed by atoms with van der Waals surface area (Å²) in [6.07, 6.45) is 0. The number of benzene rings is 1. The largest absolute Gasteiger partial charge is 0.465 e. The van der Waals surface area contributed by atoms with Crippen molar-refractivity contribution in [1.82, 2.24) is 0 Å². The molecular weight excluding hydrogens is 204 g/mol. The van der Waals surface area contributed by atoms with E-state index in [0.29, 0.717) is 11.6 Å². The Balaban J connectivity index is 2.38. The van der Waals surface area contributed by atoms with Gasteiger partial charge in [0.2, 0.25) is 0 Å². The minimum absolute atomic E-state index is 0.296. The van der Waals surface area contributed by atoms with Crippen LogP contribution in [0, 0.1) is 0 Å². The Morgan fingerprint density at radius 3 is 3.00 bits per heavy atom. The van der Waals surface area contributed by atoms with Crippen LogP contribution in [0.2, 0.25) is 0 Å². The Morgan fingerprint density at radius 1 is 1.56 bits per heavy atom. The van der Waals surface area contributed by atoms with E-state index in [1.807, 2.05) is 19.2 Å². The van der Waals surface area contributed by atoms with E-state index in [2.05, 4.69) is 17.1 Å². The SMILES string of the molecule is COC(=O)c1ccc2c(c1)N(C)CC(C)N2. The molecule has 0 radical (unpaired) electrons. The number of likely N-dealkylation sites (N-methyl/N-ethyl adjacent to an activating group) is 1. The Hall–Kier alpha value is -1.71. The van der Waals surface area contributed by atoms with Gasteiger partial charge in [0.15, 0.2) is 0 Å². The molecule has 1 aromatic carbocycles. The highest BCUT2D eigenvalue weighted by molar-refractivity contribution is 5.92. The van der Waals surface area contributed by atoms with E-state index in [1.54, 1.807) is 6.07 Å². The minimum Gasteiger partial charge on any atom is -0.465 e. The van der Waals surface area contributed by atoms with E-state index in [-0.39, 0.29) is 5.97 Å². The molecule has 0 amide bonds. The van der Waals surface area contributed by atoms with Gasteiger partial charge in [-0.25, -0.2) is 4.79 Å². The number of hydrogen-bond acceptors (Lipinski definition) is 4. The van der Waals surface area contributed by atoms with Gasteiger partial charge in [-0.1, -0.05) is 0 Å². The van der Waals surface area contributed by atoms with E-state index in [4.69, 9.17) is 4.74 Å². The molecule has 0 aromatic heterocycles. The quantitative estimate of drug-likeness (QED) is 0.732. The van der Waals surface area contributed by atoms with E-state index < -0.39 is 0 Å². The zero-order chi connectivity index (χ0) is 11.7. The lowest BCUT2D eigenvalue weighted by molar-refractivity contribution is 0.0601. The fourth-order valence-electron chi connectivity index (χ4n) is 2.03. The summed E-state index contributed by atoms with van der Waals surface area (Å²) >= 11 is 0. The molecule has 1 heterocycles.